The average molecular weight is 330 g/mol. The predicted molar refractivity (Wildman–Crippen MR) is 94.8 cm³/mol. The molecule has 24 heavy (non-hydrogen) atoms. The van der Waals surface area contributed by atoms with Crippen molar-refractivity contribution in [3.8, 4) is 0 Å². The van der Waals surface area contributed by atoms with E-state index in [1.807, 2.05) is 56.9 Å². The van der Waals surface area contributed by atoms with Crippen LogP contribution in [0.3, 0.4) is 0 Å². The van der Waals surface area contributed by atoms with Crippen molar-refractivity contribution in [2.45, 2.75) is 39.3 Å². The van der Waals surface area contributed by atoms with Crippen molar-refractivity contribution in [3.05, 3.63) is 42.0 Å². The highest BCUT2D eigenvalue weighted by atomic mass is 16.6. The van der Waals surface area contributed by atoms with Crippen LogP contribution in [0.25, 0.3) is 6.08 Å². The molecule has 1 fully saturated rings. The normalized spacial score (nSPS) is 18.2. The van der Waals surface area contributed by atoms with E-state index >= 15 is 0 Å². The van der Waals surface area contributed by atoms with Crippen LogP contribution in [0.4, 0.5) is 4.79 Å². The second-order valence-corrected chi connectivity index (χ2v) is 7.07. The molecule has 1 aromatic rings. The fourth-order valence-electron chi connectivity index (χ4n) is 2.78. The number of carbonyl (C=O) groups excluding carboxylic acids is 2. The van der Waals surface area contributed by atoms with Gasteiger partial charge in [0.1, 0.15) is 5.60 Å². The zero-order valence-corrected chi connectivity index (χ0v) is 14.9. The minimum absolute atomic E-state index is 0.0261. The summed E-state index contributed by atoms with van der Waals surface area (Å²) in [5.41, 5.74) is 0.949. The van der Waals surface area contributed by atoms with Gasteiger partial charge in [-0.05, 0) is 39.3 Å². The van der Waals surface area contributed by atoms with E-state index in [2.05, 4.69) is 6.58 Å². The number of piperazine rings is 1. The zero-order chi connectivity index (χ0) is 17.9. The third-order valence-electron chi connectivity index (χ3n) is 3.95. The largest absolute Gasteiger partial charge is 0.444 e. The summed E-state index contributed by atoms with van der Waals surface area (Å²) in [6.45, 7) is 12.7. The van der Waals surface area contributed by atoms with Crippen LogP contribution in [0.2, 0.25) is 0 Å². The molecule has 0 N–H and O–H groups in total. The Morgan fingerprint density at radius 2 is 1.92 bits per heavy atom. The van der Waals surface area contributed by atoms with E-state index in [0.717, 1.165) is 5.56 Å². The molecule has 1 aromatic carbocycles. The van der Waals surface area contributed by atoms with E-state index in [9.17, 15) is 9.59 Å². The number of ether oxygens (including phenoxy) is 1. The Kier molecular flexibility index (Phi) is 5.32. The third-order valence-corrected chi connectivity index (χ3v) is 3.95. The summed E-state index contributed by atoms with van der Waals surface area (Å²) in [5, 5.41) is 0. The quantitative estimate of drug-likeness (QED) is 0.835. The molecule has 2 rings (SSSR count). The summed E-state index contributed by atoms with van der Waals surface area (Å²) >= 11 is 0. The second-order valence-electron chi connectivity index (χ2n) is 7.07. The van der Waals surface area contributed by atoms with Gasteiger partial charge in [0.2, 0.25) is 0 Å². The van der Waals surface area contributed by atoms with E-state index in [1.165, 1.54) is 0 Å². The lowest BCUT2D eigenvalue weighted by molar-refractivity contribution is 0.00616. The third kappa shape index (κ3) is 4.16. The van der Waals surface area contributed by atoms with Crippen LogP contribution in [-0.2, 0) is 4.74 Å². The molecule has 5 nitrogen and oxygen atoms in total. The second kappa shape index (κ2) is 7.07. The molecule has 1 atom stereocenters. The molecule has 1 aliphatic heterocycles. The minimum Gasteiger partial charge on any atom is -0.444 e. The molecule has 1 heterocycles. The fraction of sp³-hybridized carbons (Fsp3) is 0.474. The van der Waals surface area contributed by atoms with Gasteiger partial charge < -0.3 is 14.5 Å². The highest BCUT2D eigenvalue weighted by Gasteiger charge is 2.32. The van der Waals surface area contributed by atoms with Crippen molar-refractivity contribution in [1.29, 1.82) is 0 Å². The van der Waals surface area contributed by atoms with E-state index in [4.69, 9.17) is 4.74 Å². The summed E-state index contributed by atoms with van der Waals surface area (Å²) in [4.78, 5) is 28.5. The first kappa shape index (κ1) is 18.0. The molecule has 1 aliphatic rings. The molecule has 0 aliphatic carbocycles. The van der Waals surface area contributed by atoms with Crippen LogP contribution >= 0.6 is 0 Å². The lowest BCUT2D eigenvalue weighted by Crippen LogP contribution is -2.56. The van der Waals surface area contributed by atoms with Crippen molar-refractivity contribution >= 4 is 18.1 Å². The molecule has 0 unspecified atom stereocenters. The van der Waals surface area contributed by atoms with Crippen LogP contribution in [0.1, 0.15) is 43.6 Å². The SMILES string of the molecule is C=Cc1ccccc1C(=O)N1CCN(C(=O)OC(C)(C)C)C[C@@H]1C. The molecular formula is C19H26N2O3. The smallest absolute Gasteiger partial charge is 0.410 e. The van der Waals surface area contributed by atoms with Crippen LogP contribution in [0, 0.1) is 0 Å². The van der Waals surface area contributed by atoms with Gasteiger partial charge in [-0.2, -0.15) is 0 Å². The van der Waals surface area contributed by atoms with Gasteiger partial charge in [0.05, 0.1) is 0 Å². The van der Waals surface area contributed by atoms with Gasteiger partial charge in [0.25, 0.3) is 5.91 Å². The highest BCUT2D eigenvalue weighted by Crippen LogP contribution is 2.19. The summed E-state index contributed by atoms with van der Waals surface area (Å²) in [6.07, 6.45) is 1.36. The molecule has 2 amide bonds. The zero-order valence-electron chi connectivity index (χ0n) is 14.9. The molecule has 0 saturated carbocycles. The summed E-state index contributed by atoms with van der Waals surface area (Å²) < 4.78 is 5.41. The van der Waals surface area contributed by atoms with Crippen LogP contribution in [0.15, 0.2) is 30.8 Å². The van der Waals surface area contributed by atoms with E-state index in [1.54, 1.807) is 11.0 Å². The number of amides is 2. The van der Waals surface area contributed by atoms with Crippen molar-refractivity contribution in [2.24, 2.45) is 0 Å². The van der Waals surface area contributed by atoms with Crippen LogP contribution in [0.5, 0.6) is 0 Å². The van der Waals surface area contributed by atoms with Crippen molar-refractivity contribution in [2.75, 3.05) is 19.6 Å². The first-order valence-electron chi connectivity index (χ1n) is 8.23. The fourth-order valence-corrected chi connectivity index (χ4v) is 2.78. The average Bonchev–Trinajstić information content (AvgIpc) is 2.52. The number of nitrogens with zero attached hydrogens (tertiary/aromatic N) is 2. The Labute approximate surface area is 143 Å². The minimum atomic E-state index is -0.518. The molecule has 5 heteroatoms. The topological polar surface area (TPSA) is 49.9 Å². The lowest BCUT2D eigenvalue weighted by atomic mass is 10.0. The van der Waals surface area contributed by atoms with Gasteiger partial charge in [-0.3, -0.25) is 4.79 Å². The maximum atomic E-state index is 12.8. The Morgan fingerprint density at radius 1 is 1.25 bits per heavy atom. The van der Waals surface area contributed by atoms with Crippen LogP contribution < -0.4 is 0 Å². The summed E-state index contributed by atoms with van der Waals surface area (Å²) in [7, 11) is 0. The number of carbonyl (C=O) groups is 2. The van der Waals surface area contributed by atoms with Gasteiger partial charge in [-0.25, -0.2) is 4.79 Å². The lowest BCUT2D eigenvalue weighted by Gasteiger charge is -2.40. The number of hydrogen-bond acceptors (Lipinski definition) is 3. The first-order valence-corrected chi connectivity index (χ1v) is 8.23. The van der Waals surface area contributed by atoms with Gasteiger partial charge in [0, 0.05) is 31.2 Å². The Hall–Kier alpha value is -2.30. The number of benzene rings is 1. The molecule has 0 bridgehead atoms. The van der Waals surface area contributed by atoms with Gasteiger partial charge in [0.15, 0.2) is 0 Å². The highest BCUT2D eigenvalue weighted by molar-refractivity contribution is 5.98. The predicted octanol–water partition coefficient (Wildman–Crippen LogP) is 3.41. The molecule has 0 aromatic heterocycles. The van der Waals surface area contributed by atoms with Crippen molar-refractivity contribution < 1.29 is 14.3 Å². The molecule has 130 valence electrons. The number of rotatable bonds is 2. The van der Waals surface area contributed by atoms with E-state index in [-0.39, 0.29) is 18.0 Å². The first-order chi connectivity index (χ1) is 11.2. The van der Waals surface area contributed by atoms with Crippen molar-refractivity contribution in [3.63, 3.8) is 0 Å². The maximum absolute atomic E-state index is 12.8. The molecule has 1 saturated heterocycles. The molecule has 0 spiro atoms. The van der Waals surface area contributed by atoms with Crippen molar-refractivity contribution in [1.82, 2.24) is 9.80 Å². The molecular weight excluding hydrogens is 304 g/mol. The monoisotopic (exact) mass is 330 g/mol. The summed E-state index contributed by atoms with van der Waals surface area (Å²) in [5.74, 6) is -0.0261. The molecule has 0 radical (unpaired) electrons. The van der Waals surface area contributed by atoms with Gasteiger partial charge >= 0.3 is 6.09 Å². The standard InChI is InChI=1S/C19H26N2O3/c1-6-15-9-7-8-10-16(15)17(22)21-12-11-20(13-14(21)2)18(23)24-19(3,4)5/h6-10,14H,1,11-13H2,2-5H3/t14-/m0/s1. The Balaban J connectivity index is 2.07. The Bertz CT molecular complexity index is 634. The van der Waals surface area contributed by atoms with Crippen LogP contribution in [-0.4, -0.2) is 53.1 Å². The van der Waals surface area contributed by atoms with E-state index in [0.29, 0.717) is 25.2 Å². The number of hydrogen-bond donors (Lipinski definition) is 0. The maximum Gasteiger partial charge on any atom is 0.410 e. The van der Waals surface area contributed by atoms with E-state index < -0.39 is 5.60 Å². The summed E-state index contributed by atoms with van der Waals surface area (Å²) in [6, 6.07) is 7.35. The van der Waals surface area contributed by atoms with Gasteiger partial charge in [-0.1, -0.05) is 30.9 Å². The Morgan fingerprint density at radius 3 is 2.50 bits per heavy atom. The van der Waals surface area contributed by atoms with Gasteiger partial charge in [-0.15, -0.1) is 0 Å².